The van der Waals surface area contributed by atoms with Crippen molar-refractivity contribution in [2.45, 2.75) is 76.2 Å². The summed E-state index contributed by atoms with van der Waals surface area (Å²) in [7, 11) is -3.88. The number of carbonyl (C=O) groups is 2. The number of nitrogens with zero attached hydrogens (tertiary/aromatic N) is 1. The molecule has 1 aliphatic heterocycles. The molecule has 0 aromatic heterocycles. The van der Waals surface area contributed by atoms with Crippen LogP contribution in [0.3, 0.4) is 0 Å². The third-order valence-corrected chi connectivity index (χ3v) is 6.98. The Morgan fingerprint density at radius 3 is 2.36 bits per heavy atom. The zero-order valence-corrected chi connectivity index (χ0v) is 17.7. The molecule has 28 heavy (non-hydrogen) atoms. The summed E-state index contributed by atoms with van der Waals surface area (Å²) in [6.45, 7) is 3.50. The van der Waals surface area contributed by atoms with Gasteiger partial charge in [-0.15, -0.1) is 0 Å². The van der Waals surface area contributed by atoms with Crippen LogP contribution < -0.4 is 0 Å². The molecule has 0 radical (unpaired) electrons. The highest BCUT2D eigenvalue weighted by molar-refractivity contribution is 7.89. The lowest BCUT2D eigenvalue weighted by molar-refractivity contribution is -0.119. The van der Waals surface area contributed by atoms with Crippen molar-refractivity contribution in [3.05, 3.63) is 42.0 Å². The molecule has 0 spiro atoms. The smallest absolute Gasteiger partial charge is 0.245 e. The first-order chi connectivity index (χ1) is 13.4. The average Bonchev–Trinajstić information content (AvgIpc) is 2.67. The van der Waals surface area contributed by atoms with Gasteiger partial charge in [0.1, 0.15) is 6.04 Å². The van der Waals surface area contributed by atoms with Gasteiger partial charge in [0.05, 0.1) is 4.90 Å². The van der Waals surface area contributed by atoms with Gasteiger partial charge in [0.2, 0.25) is 10.0 Å². The van der Waals surface area contributed by atoms with Gasteiger partial charge in [-0.3, -0.25) is 9.59 Å². The first kappa shape index (κ1) is 22.5. The van der Waals surface area contributed by atoms with Gasteiger partial charge in [-0.1, -0.05) is 69.7 Å². The van der Waals surface area contributed by atoms with E-state index in [-0.39, 0.29) is 17.0 Å². The van der Waals surface area contributed by atoms with E-state index in [1.54, 1.807) is 18.2 Å². The number of ketones is 2. The number of hydrogen-bond acceptors (Lipinski definition) is 4. The molecule has 1 unspecified atom stereocenters. The summed E-state index contributed by atoms with van der Waals surface area (Å²) in [5.41, 5.74) is 0.103. The third-order valence-electron chi connectivity index (χ3n) is 5.09. The second-order valence-electron chi connectivity index (χ2n) is 7.33. The molecule has 2 rings (SSSR count). The van der Waals surface area contributed by atoms with Crippen LogP contribution in [0.5, 0.6) is 0 Å². The van der Waals surface area contributed by atoms with Crippen LogP contribution in [0, 0.1) is 0 Å². The highest BCUT2D eigenvalue weighted by atomic mass is 32.2. The molecule has 1 aromatic carbocycles. The Morgan fingerprint density at radius 2 is 1.68 bits per heavy atom. The zero-order chi connectivity index (χ0) is 20.6. The van der Waals surface area contributed by atoms with Crippen molar-refractivity contribution in [2.24, 2.45) is 0 Å². The predicted octanol–water partition coefficient (Wildman–Crippen LogP) is 4.53. The molecule has 154 valence electrons. The molecule has 1 atom stereocenters. The molecule has 0 amide bonds. The van der Waals surface area contributed by atoms with Gasteiger partial charge in [-0.05, 0) is 31.9 Å². The standard InChI is InChI=1S/C22H31NO4S/c1-3-4-5-6-7-8-9-10-11-14-17-23-21(18(2)24)22(25)19-15-12-13-16-20(19)28(23,26)27/h11-16,21H,3-10,17H2,1-2H3. The van der Waals surface area contributed by atoms with E-state index in [1.165, 1.54) is 51.2 Å². The van der Waals surface area contributed by atoms with Gasteiger partial charge in [-0.25, -0.2) is 8.42 Å². The first-order valence-corrected chi connectivity index (χ1v) is 11.7. The Labute approximate surface area is 168 Å². The van der Waals surface area contributed by atoms with Gasteiger partial charge in [0, 0.05) is 12.1 Å². The maximum absolute atomic E-state index is 12.9. The van der Waals surface area contributed by atoms with E-state index in [1.807, 2.05) is 6.08 Å². The van der Waals surface area contributed by atoms with E-state index in [2.05, 4.69) is 6.92 Å². The molecule has 5 nitrogen and oxygen atoms in total. The zero-order valence-electron chi connectivity index (χ0n) is 16.9. The monoisotopic (exact) mass is 405 g/mol. The van der Waals surface area contributed by atoms with Crippen molar-refractivity contribution < 1.29 is 18.0 Å². The van der Waals surface area contributed by atoms with Gasteiger partial charge >= 0.3 is 0 Å². The van der Waals surface area contributed by atoms with Crippen LogP contribution in [0.2, 0.25) is 0 Å². The van der Waals surface area contributed by atoms with E-state index in [4.69, 9.17) is 0 Å². The number of fused-ring (bicyclic) bond motifs is 1. The quantitative estimate of drug-likeness (QED) is 0.308. The van der Waals surface area contributed by atoms with E-state index >= 15 is 0 Å². The van der Waals surface area contributed by atoms with Gasteiger partial charge in [0.25, 0.3) is 0 Å². The molecule has 1 aliphatic rings. The van der Waals surface area contributed by atoms with Gasteiger partial charge in [-0.2, -0.15) is 4.31 Å². The first-order valence-electron chi connectivity index (χ1n) is 10.2. The van der Waals surface area contributed by atoms with Crippen molar-refractivity contribution in [1.29, 1.82) is 0 Å². The number of Topliss-reactive ketones (excluding diaryl/α,β-unsaturated/α-hetero) is 2. The molecule has 0 aliphatic carbocycles. The summed E-state index contributed by atoms with van der Waals surface area (Å²) < 4.78 is 26.9. The maximum Gasteiger partial charge on any atom is 0.245 e. The molecular formula is C22H31NO4S. The highest BCUT2D eigenvalue weighted by Crippen LogP contribution is 2.30. The third kappa shape index (κ3) is 5.39. The minimum Gasteiger partial charge on any atom is -0.298 e. The Balaban J connectivity index is 1.97. The fourth-order valence-electron chi connectivity index (χ4n) is 3.54. The van der Waals surface area contributed by atoms with Gasteiger partial charge in [0.15, 0.2) is 11.6 Å². The summed E-state index contributed by atoms with van der Waals surface area (Å²) in [5, 5.41) is 0. The second kappa shape index (κ2) is 10.7. The van der Waals surface area contributed by atoms with Crippen molar-refractivity contribution >= 4 is 21.6 Å². The lowest BCUT2D eigenvalue weighted by Crippen LogP contribution is -2.52. The Kier molecular flexibility index (Phi) is 8.58. The van der Waals surface area contributed by atoms with E-state index in [0.29, 0.717) is 0 Å². The molecule has 0 N–H and O–H groups in total. The second-order valence-corrected chi connectivity index (χ2v) is 9.19. The predicted molar refractivity (Wildman–Crippen MR) is 111 cm³/mol. The Morgan fingerprint density at radius 1 is 1.04 bits per heavy atom. The van der Waals surface area contributed by atoms with Crippen molar-refractivity contribution in [3.63, 3.8) is 0 Å². The summed E-state index contributed by atoms with van der Waals surface area (Å²) in [4.78, 5) is 24.7. The number of allylic oxidation sites excluding steroid dienone is 1. The molecule has 1 aromatic rings. The molecule has 0 fully saturated rings. The molecule has 1 heterocycles. The minimum absolute atomic E-state index is 0.0158. The number of rotatable bonds is 11. The summed E-state index contributed by atoms with van der Waals surface area (Å²) in [6, 6.07) is 4.82. The van der Waals surface area contributed by atoms with Crippen LogP contribution in [0.4, 0.5) is 0 Å². The minimum atomic E-state index is -3.88. The summed E-state index contributed by atoms with van der Waals surface area (Å²) >= 11 is 0. The van der Waals surface area contributed by atoms with Crippen LogP contribution in [0.1, 0.15) is 75.6 Å². The molecule has 0 saturated heterocycles. The molecule has 0 bridgehead atoms. The topological polar surface area (TPSA) is 71.5 Å². The van der Waals surface area contributed by atoms with Crippen molar-refractivity contribution in [1.82, 2.24) is 4.31 Å². The Bertz CT molecular complexity index is 814. The normalized spacial score (nSPS) is 19.1. The average molecular weight is 406 g/mol. The van der Waals surface area contributed by atoms with Crippen LogP contribution >= 0.6 is 0 Å². The number of carbonyl (C=O) groups excluding carboxylic acids is 2. The number of hydrogen-bond donors (Lipinski definition) is 0. The summed E-state index contributed by atoms with van der Waals surface area (Å²) in [5.74, 6) is -0.901. The fourth-order valence-corrected chi connectivity index (χ4v) is 5.30. The molecular weight excluding hydrogens is 374 g/mol. The van der Waals surface area contributed by atoms with Crippen LogP contribution in [0.15, 0.2) is 41.3 Å². The van der Waals surface area contributed by atoms with E-state index in [9.17, 15) is 18.0 Å². The largest absolute Gasteiger partial charge is 0.298 e. The van der Waals surface area contributed by atoms with E-state index in [0.717, 1.165) is 23.6 Å². The van der Waals surface area contributed by atoms with Crippen molar-refractivity contribution in [2.75, 3.05) is 6.54 Å². The summed E-state index contributed by atoms with van der Waals surface area (Å²) in [6.07, 6.45) is 13.1. The van der Waals surface area contributed by atoms with Crippen LogP contribution in [-0.2, 0) is 14.8 Å². The fraction of sp³-hybridized carbons (Fsp3) is 0.545. The lowest BCUT2D eigenvalue weighted by Gasteiger charge is -2.32. The lowest BCUT2D eigenvalue weighted by atomic mass is 10.0. The van der Waals surface area contributed by atoms with Crippen LogP contribution in [-0.4, -0.2) is 36.9 Å². The van der Waals surface area contributed by atoms with E-state index < -0.39 is 27.6 Å². The molecule has 6 heteroatoms. The van der Waals surface area contributed by atoms with Crippen molar-refractivity contribution in [3.8, 4) is 0 Å². The molecule has 0 saturated carbocycles. The Hall–Kier alpha value is -1.79. The van der Waals surface area contributed by atoms with Gasteiger partial charge < -0.3 is 0 Å². The highest BCUT2D eigenvalue weighted by Gasteiger charge is 2.45. The SMILES string of the molecule is CCCCCCCCCC=CCN1C(C(C)=O)C(=O)c2ccccc2S1(=O)=O. The van der Waals surface area contributed by atoms with Crippen LogP contribution in [0.25, 0.3) is 0 Å². The number of unbranched alkanes of at least 4 members (excludes halogenated alkanes) is 7. The maximum atomic E-state index is 12.9. The number of sulfonamides is 1. The number of benzene rings is 1.